The fourth-order valence-electron chi connectivity index (χ4n) is 3.75. The Morgan fingerprint density at radius 1 is 1.13 bits per heavy atom. The second kappa shape index (κ2) is 12.0. The van der Waals surface area contributed by atoms with Gasteiger partial charge in [-0.15, -0.1) is 11.3 Å². The number of benzene rings is 2. The van der Waals surface area contributed by atoms with E-state index in [0.29, 0.717) is 31.1 Å². The van der Waals surface area contributed by atoms with Crippen molar-refractivity contribution in [1.29, 1.82) is 0 Å². The third-order valence-electron chi connectivity index (χ3n) is 5.46. The average molecular weight is 644 g/mol. The van der Waals surface area contributed by atoms with Crippen LogP contribution in [0, 0.1) is 0 Å². The van der Waals surface area contributed by atoms with Gasteiger partial charge in [-0.05, 0) is 47.9 Å². The van der Waals surface area contributed by atoms with Crippen LogP contribution in [0.25, 0.3) is 17.1 Å². The number of carbonyl (C=O) groups excluding carboxylic acids is 3. The number of anilines is 1. The zero-order chi connectivity index (χ0) is 26.6. The van der Waals surface area contributed by atoms with Crippen LogP contribution >= 0.6 is 63.0 Å². The number of hydrogen-bond acceptors (Lipinski definition) is 8. The second-order valence-corrected chi connectivity index (χ2v) is 12.6. The molecule has 0 spiro atoms. The molecule has 1 N–H and O–H groups in total. The van der Waals surface area contributed by atoms with Gasteiger partial charge in [0.15, 0.2) is 5.16 Å². The van der Waals surface area contributed by atoms with Gasteiger partial charge in [-0.2, -0.15) is 0 Å². The lowest BCUT2D eigenvalue weighted by Gasteiger charge is -2.14. The fourth-order valence-corrected chi connectivity index (χ4v) is 7.00. The van der Waals surface area contributed by atoms with Crippen molar-refractivity contribution >= 4 is 108 Å². The lowest BCUT2D eigenvalue weighted by molar-refractivity contribution is -0.122. The molecule has 1 fully saturated rings. The van der Waals surface area contributed by atoms with Crippen molar-refractivity contribution in [2.75, 3.05) is 17.6 Å². The topological polar surface area (TPSA) is 84.3 Å². The van der Waals surface area contributed by atoms with Crippen LogP contribution in [0.2, 0.25) is 0 Å². The van der Waals surface area contributed by atoms with Crippen LogP contribution in [0.1, 0.15) is 16.1 Å². The maximum Gasteiger partial charge on any atom is 0.266 e. The Kier molecular flexibility index (Phi) is 8.44. The smallest absolute Gasteiger partial charge is 0.266 e. The van der Waals surface area contributed by atoms with Gasteiger partial charge in [0.1, 0.15) is 4.32 Å². The summed E-state index contributed by atoms with van der Waals surface area (Å²) in [4.78, 5) is 46.5. The van der Waals surface area contributed by atoms with E-state index in [1.165, 1.54) is 44.3 Å². The number of rotatable bonds is 8. The predicted molar refractivity (Wildman–Crippen MR) is 163 cm³/mol. The summed E-state index contributed by atoms with van der Waals surface area (Å²) in [5.41, 5.74) is 1.97. The van der Waals surface area contributed by atoms with Crippen molar-refractivity contribution in [1.82, 2.24) is 14.5 Å². The van der Waals surface area contributed by atoms with E-state index in [4.69, 9.17) is 12.2 Å². The quantitative estimate of drug-likeness (QED) is 0.133. The highest BCUT2D eigenvalue weighted by molar-refractivity contribution is 9.10. The Morgan fingerprint density at radius 2 is 1.97 bits per heavy atom. The highest BCUT2D eigenvalue weighted by atomic mass is 79.9. The molecule has 38 heavy (non-hydrogen) atoms. The molecular formula is C26H19BrN4O3S4. The van der Waals surface area contributed by atoms with E-state index in [0.717, 1.165) is 9.35 Å². The summed E-state index contributed by atoms with van der Waals surface area (Å²) < 4.78 is 2.81. The number of thiophene rings is 1. The van der Waals surface area contributed by atoms with Gasteiger partial charge in [0.25, 0.3) is 5.91 Å². The van der Waals surface area contributed by atoms with Gasteiger partial charge < -0.3 is 5.32 Å². The molecule has 3 heterocycles. The van der Waals surface area contributed by atoms with Crippen molar-refractivity contribution in [2.24, 2.45) is 0 Å². The SMILES string of the molecule is O=C(CSc1nc2ccccc2n1C(=O)CCN1C(=O)/C(=C\c2cccs2)SC1=S)Nc1cccc(Br)c1. The lowest BCUT2D eigenvalue weighted by Crippen LogP contribution is -2.31. The van der Waals surface area contributed by atoms with Crippen LogP contribution in [0.3, 0.4) is 0 Å². The van der Waals surface area contributed by atoms with Crippen LogP contribution in [0.15, 0.2) is 80.6 Å². The Balaban J connectivity index is 1.28. The zero-order valence-corrected chi connectivity index (χ0v) is 24.5. The predicted octanol–water partition coefficient (Wildman–Crippen LogP) is 6.52. The van der Waals surface area contributed by atoms with Crippen molar-refractivity contribution < 1.29 is 14.4 Å². The largest absolute Gasteiger partial charge is 0.325 e. The molecule has 4 aromatic rings. The Labute approximate surface area is 244 Å². The number of hydrogen-bond donors (Lipinski definition) is 1. The first kappa shape index (κ1) is 26.8. The number of carbonyl (C=O) groups is 3. The number of nitrogens with zero attached hydrogens (tertiary/aromatic N) is 3. The molecule has 0 radical (unpaired) electrons. The van der Waals surface area contributed by atoms with Gasteiger partial charge in [-0.1, -0.05) is 75.9 Å². The number of aromatic nitrogens is 2. The number of para-hydroxylation sites is 2. The molecule has 1 aliphatic rings. The molecule has 2 aromatic heterocycles. The number of halogens is 1. The molecule has 7 nitrogen and oxygen atoms in total. The molecule has 0 bridgehead atoms. The summed E-state index contributed by atoms with van der Waals surface area (Å²) in [6, 6.07) is 18.5. The van der Waals surface area contributed by atoms with E-state index < -0.39 is 0 Å². The second-order valence-electron chi connectivity index (χ2n) is 8.06. The van der Waals surface area contributed by atoms with Crippen LogP contribution in [-0.2, 0) is 9.59 Å². The Morgan fingerprint density at radius 3 is 2.76 bits per heavy atom. The Bertz CT molecular complexity index is 1580. The standard InChI is InChI=1S/C26H19BrN4O3S4/c27-16-5-3-6-17(13-16)28-22(32)15-37-25-29-19-8-1-2-9-20(19)31(25)23(33)10-11-30-24(34)21(38-26(30)35)14-18-7-4-12-36-18/h1-9,12-14H,10-11,15H2,(H,28,32)/b21-14+. The van der Waals surface area contributed by atoms with E-state index in [1.54, 1.807) is 6.07 Å². The maximum absolute atomic E-state index is 13.4. The summed E-state index contributed by atoms with van der Waals surface area (Å²) in [7, 11) is 0. The highest BCUT2D eigenvalue weighted by Gasteiger charge is 2.32. The molecular weight excluding hydrogens is 624 g/mol. The molecule has 0 aliphatic carbocycles. The summed E-state index contributed by atoms with van der Waals surface area (Å²) in [5, 5.41) is 5.22. The number of fused-ring (bicyclic) bond motifs is 1. The number of amides is 2. The van der Waals surface area contributed by atoms with Crippen molar-refractivity contribution in [3.63, 3.8) is 0 Å². The first-order chi connectivity index (χ1) is 18.4. The van der Waals surface area contributed by atoms with E-state index >= 15 is 0 Å². The van der Waals surface area contributed by atoms with Gasteiger partial charge in [0.2, 0.25) is 11.8 Å². The van der Waals surface area contributed by atoms with Crippen LogP contribution in [-0.4, -0.2) is 48.8 Å². The average Bonchev–Trinajstić information content (AvgIpc) is 3.60. The monoisotopic (exact) mass is 642 g/mol. The third-order valence-corrected chi connectivity index (χ3v) is 9.09. The molecule has 2 aromatic carbocycles. The molecule has 12 heteroatoms. The number of thioether (sulfide) groups is 2. The van der Waals surface area contributed by atoms with E-state index in [1.807, 2.05) is 66.1 Å². The zero-order valence-electron chi connectivity index (χ0n) is 19.6. The van der Waals surface area contributed by atoms with E-state index in [2.05, 4.69) is 26.2 Å². The molecule has 0 atom stereocenters. The minimum Gasteiger partial charge on any atom is -0.325 e. The third kappa shape index (κ3) is 6.10. The molecule has 0 unspecified atom stereocenters. The summed E-state index contributed by atoms with van der Waals surface area (Å²) >= 11 is 12.8. The van der Waals surface area contributed by atoms with E-state index in [-0.39, 0.29) is 36.4 Å². The maximum atomic E-state index is 13.4. The number of imidazole rings is 1. The van der Waals surface area contributed by atoms with Crippen molar-refractivity contribution in [2.45, 2.75) is 11.6 Å². The van der Waals surface area contributed by atoms with Gasteiger partial charge >= 0.3 is 0 Å². The Hall–Kier alpha value is -2.77. The minimum absolute atomic E-state index is 0.0525. The first-order valence-electron chi connectivity index (χ1n) is 11.4. The van der Waals surface area contributed by atoms with Crippen LogP contribution in [0.5, 0.6) is 0 Å². The normalized spacial score (nSPS) is 14.6. The summed E-state index contributed by atoms with van der Waals surface area (Å²) in [6.45, 7) is 0.158. The van der Waals surface area contributed by atoms with Gasteiger partial charge in [-0.25, -0.2) is 4.98 Å². The summed E-state index contributed by atoms with van der Waals surface area (Å²) in [5.74, 6) is -0.569. The number of nitrogens with one attached hydrogen (secondary N) is 1. The van der Waals surface area contributed by atoms with Gasteiger partial charge in [0, 0.05) is 28.0 Å². The fraction of sp³-hybridized carbons (Fsp3) is 0.115. The highest BCUT2D eigenvalue weighted by Crippen LogP contribution is 2.33. The van der Waals surface area contributed by atoms with E-state index in [9.17, 15) is 14.4 Å². The van der Waals surface area contributed by atoms with Crippen LogP contribution < -0.4 is 5.32 Å². The first-order valence-corrected chi connectivity index (χ1v) is 15.2. The van der Waals surface area contributed by atoms with Crippen molar-refractivity contribution in [3.8, 4) is 0 Å². The molecule has 5 rings (SSSR count). The lowest BCUT2D eigenvalue weighted by atomic mass is 10.3. The van der Waals surface area contributed by atoms with Crippen molar-refractivity contribution in [3.05, 3.63) is 80.3 Å². The molecule has 0 saturated carbocycles. The molecule has 2 amide bonds. The molecule has 192 valence electrons. The van der Waals surface area contributed by atoms with Crippen LogP contribution in [0.4, 0.5) is 5.69 Å². The number of thiocarbonyl (C=S) groups is 1. The molecule has 1 saturated heterocycles. The van der Waals surface area contributed by atoms with Gasteiger partial charge in [-0.3, -0.25) is 23.9 Å². The minimum atomic E-state index is -0.232. The van der Waals surface area contributed by atoms with Gasteiger partial charge in [0.05, 0.1) is 21.7 Å². The molecule has 1 aliphatic heterocycles. The summed E-state index contributed by atoms with van der Waals surface area (Å²) in [6.07, 6.45) is 1.87.